The molecule has 0 saturated heterocycles. The van der Waals surface area contributed by atoms with Crippen LogP contribution in [0.5, 0.6) is 0 Å². The molecule has 1 aromatic heterocycles. The molecule has 0 saturated carbocycles. The first-order chi connectivity index (χ1) is 6.58. The minimum absolute atomic E-state index is 0.0338. The first-order valence-corrected chi connectivity index (χ1v) is 6.95. The van der Waals surface area contributed by atoms with Crippen LogP contribution in [-0.4, -0.2) is 25.0 Å². The predicted octanol–water partition coefficient (Wildman–Crippen LogP) is 2.25. The minimum Gasteiger partial charge on any atom is -0.244 e. The van der Waals surface area contributed by atoms with Crippen molar-refractivity contribution in [3.63, 3.8) is 0 Å². The molecule has 1 heterocycles. The van der Waals surface area contributed by atoms with E-state index in [0.717, 1.165) is 0 Å². The van der Waals surface area contributed by atoms with Crippen LogP contribution in [0.1, 0.15) is 6.42 Å². The van der Waals surface area contributed by atoms with Crippen molar-refractivity contribution in [3.8, 4) is 0 Å². The summed E-state index contributed by atoms with van der Waals surface area (Å²) in [6.45, 7) is 0. The SMILES string of the molecule is O=S(=O)(CCCCl)c1ncccc1Br. The molecular weight excluding hydrogens is 290 g/mol. The van der Waals surface area contributed by atoms with Crippen molar-refractivity contribution in [1.29, 1.82) is 0 Å². The van der Waals surface area contributed by atoms with Crippen molar-refractivity contribution in [2.45, 2.75) is 11.4 Å². The largest absolute Gasteiger partial charge is 0.244 e. The van der Waals surface area contributed by atoms with Crippen LogP contribution in [0.15, 0.2) is 27.8 Å². The molecule has 0 amide bonds. The number of hydrogen-bond donors (Lipinski definition) is 0. The lowest BCUT2D eigenvalue weighted by molar-refractivity contribution is 0.590. The van der Waals surface area contributed by atoms with Crippen LogP contribution in [0.2, 0.25) is 0 Å². The Kier molecular flexibility index (Phi) is 4.34. The lowest BCUT2D eigenvalue weighted by Crippen LogP contribution is -2.09. The number of sulfone groups is 1. The molecular formula is C8H9BrClNO2S. The maximum Gasteiger partial charge on any atom is 0.196 e. The molecule has 0 aliphatic heterocycles. The Balaban J connectivity index is 2.99. The summed E-state index contributed by atoms with van der Waals surface area (Å²) in [5, 5.41) is 0.0881. The summed E-state index contributed by atoms with van der Waals surface area (Å²) in [7, 11) is -3.30. The molecule has 0 N–H and O–H groups in total. The molecule has 0 unspecified atom stereocenters. The summed E-state index contributed by atoms with van der Waals surface area (Å²) in [6, 6.07) is 3.32. The first-order valence-electron chi connectivity index (χ1n) is 3.97. The van der Waals surface area contributed by atoms with Gasteiger partial charge in [-0.2, -0.15) is 0 Å². The van der Waals surface area contributed by atoms with E-state index in [-0.39, 0.29) is 10.8 Å². The van der Waals surface area contributed by atoms with E-state index in [9.17, 15) is 8.42 Å². The topological polar surface area (TPSA) is 47.0 Å². The second-order valence-electron chi connectivity index (χ2n) is 2.65. The fourth-order valence-electron chi connectivity index (χ4n) is 0.941. The molecule has 0 atom stereocenters. The van der Waals surface area contributed by atoms with Gasteiger partial charge in [0.25, 0.3) is 0 Å². The molecule has 1 aromatic rings. The monoisotopic (exact) mass is 297 g/mol. The number of aromatic nitrogens is 1. The van der Waals surface area contributed by atoms with Gasteiger partial charge >= 0.3 is 0 Å². The summed E-state index contributed by atoms with van der Waals surface area (Å²) in [6.07, 6.45) is 1.89. The Labute approximate surface area is 96.5 Å². The Morgan fingerprint density at radius 2 is 2.21 bits per heavy atom. The number of halogens is 2. The number of rotatable bonds is 4. The number of hydrogen-bond acceptors (Lipinski definition) is 3. The highest BCUT2D eigenvalue weighted by atomic mass is 79.9. The van der Waals surface area contributed by atoms with Gasteiger partial charge in [-0.1, -0.05) is 0 Å². The van der Waals surface area contributed by atoms with E-state index >= 15 is 0 Å². The van der Waals surface area contributed by atoms with Crippen molar-refractivity contribution >= 4 is 37.4 Å². The van der Waals surface area contributed by atoms with Crippen molar-refractivity contribution in [2.75, 3.05) is 11.6 Å². The summed E-state index contributed by atoms with van der Waals surface area (Å²) in [5.41, 5.74) is 0. The van der Waals surface area contributed by atoms with Gasteiger partial charge in [-0.05, 0) is 34.5 Å². The Morgan fingerprint density at radius 3 is 2.79 bits per heavy atom. The smallest absolute Gasteiger partial charge is 0.196 e. The van der Waals surface area contributed by atoms with E-state index in [1.165, 1.54) is 6.20 Å². The molecule has 0 aromatic carbocycles. The third-order valence-corrected chi connectivity index (χ3v) is 4.48. The molecule has 3 nitrogen and oxygen atoms in total. The second-order valence-corrected chi connectivity index (χ2v) is 5.91. The maximum absolute atomic E-state index is 11.7. The zero-order chi connectivity index (χ0) is 10.6. The molecule has 0 spiro atoms. The zero-order valence-electron chi connectivity index (χ0n) is 7.28. The second kappa shape index (κ2) is 5.09. The van der Waals surface area contributed by atoms with E-state index in [4.69, 9.17) is 11.6 Å². The van der Waals surface area contributed by atoms with Gasteiger partial charge in [0, 0.05) is 12.1 Å². The van der Waals surface area contributed by atoms with Crippen molar-refractivity contribution in [3.05, 3.63) is 22.8 Å². The van der Waals surface area contributed by atoms with Crippen LogP contribution in [0.25, 0.3) is 0 Å². The average Bonchev–Trinajstić information content (AvgIpc) is 2.15. The highest BCUT2D eigenvalue weighted by Gasteiger charge is 2.18. The Hall–Kier alpha value is -0.130. The highest BCUT2D eigenvalue weighted by molar-refractivity contribution is 9.10. The van der Waals surface area contributed by atoms with Gasteiger partial charge in [0.1, 0.15) is 0 Å². The standard InChI is InChI=1S/C8H9BrClNO2S/c9-7-3-1-5-11-8(7)14(12,13)6-2-4-10/h1,3,5H,2,4,6H2. The lowest BCUT2D eigenvalue weighted by Gasteiger charge is -2.03. The van der Waals surface area contributed by atoms with E-state index in [1.54, 1.807) is 12.1 Å². The average molecular weight is 299 g/mol. The van der Waals surface area contributed by atoms with Crippen LogP contribution in [-0.2, 0) is 9.84 Å². The summed E-state index contributed by atoms with van der Waals surface area (Å²) >= 11 is 8.59. The molecule has 0 aliphatic carbocycles. The summed E-state index contributed by atoms with van der Waals surface area (Å²) in [5.74, 6) is 0.371. The van der Waals surface area contributed by atoms with Gasteiger partial charge in [0.2, 0.25) is 0 Å². The van der Waals surface area contributed by atoms with Crippen LogP contribution in [0.3, 0.4) is 0 Å². The molecule has 0 fully saturated rings. The van der Waals surface area contributed by atoms with E-state index in [0.29, 0.717) is 16.8 Å². The van der Waals surface area contributed by atoms with Gasteiger partial charge in [-0.3, -0.25) is 0 Å². The van der Waals surface area contributed by atoms with Crippen molar-refractivity contribution in [1.82, 2.24) is 4.98 Å². The quantitative estimate of drug-likeness (QED) is 0.801. The fourth-order valence-corrected chi connectivity index (χ4v) is 3.53. The van der Waals surface area contributed by atoms with Gasteiger partial charge in [-0.15, -0.1) is 11.6 Å². The Morgan fingerprint density at radius 1 is 1.50 bits per heavy atom. The molecule has 6 heteroatoms. The lowest BCUT2D eigenvalue weighted by atomic mass is 10.5. The van der Waals surface area contributed by atoms with Gasteiger partial charge in [-0.25, -0.2) is 13.4 Å². The van der Waals surface area contributed by atoms with Crippen LogP contribution < -0.4 is 0 Å². The number of nitrogens with zero attached hydrogens (tertiary/aromatic N) is 1. The maximum atomic E-state index is 11.7. The van der Waals surface area contributed by atoms with E-state index in [2.05, 4.69) is 20.9 Å². The highest BCUT2D eigenvalue weighted by Crippen LogP contribution is 2.20. The van der Waals surface area contributed by atoms with Crippen LogP contribution in [0, 0.1) is 0 Å². The van der Waals surface area contributed by atoms with E-state index < -0.39 is 9.84 Å². The number of alkyl halides is 1. The molecule has 14 heavy (non-hydrogen) atoms. The molecule has 1 rings (SSSR count). The van der Waals surface area contributed by atoms with Crippen LogP contribution >= 0.6 is 27.5 Å². The van der Waals surface area contributed by atoms with Crippen molar-refractivity contribution in [2.24, 2.45) is 0 Å². The molecule has 0 bridgehead atoms. The van der Waals surface area contributed by atoms with E-state index in [1.807, 2.05) is 0 Å². The first kappa shape index (κ1) is 11.9. The third-order valence-electron chi connectivity index (χ3n) is 1.57. The molecule has 0 radical (unpaired) electrons. The van der Waals surface area contributed by atoms with Crippen LogP contribution in [0.4, 0.5) is 0 Å². The summed E-state index contributed by atoms with van der Waals surface area (Å²) in [4.78, 5) is 3.82. The van der Waals surface area contributed by atoms with Crippen molar-refractivity contribution < 1.29 is 8.42 Å². The molecule has 78 valence electrons. The van der Waals surface area contributed by atoms with Gasteiger partial charge < -0.3 is 0 Å². The third kappa shape index (κ3) is 2.93. The molecule has 0 aliphatic rings. The minimum atomic E-state index is -3.30. The fraction of sp³-hybridized carbons (Fsp3) is 0.375. The van der Waals surface area contributed by atoms with Gasteiger partial charge in [0.05, 0.1) is 10.2 Å². The Bertz CT molecular complexity index is 408. The normalized spacial score (nSPS) is 11.6. The predicted molar refractivity (Wildman–Crippen MR) is 59.3 cm³/mol. The zero-order valence-corrected chi connectivity index (χ0v) is 10.4. The summed E-state index contributed by atoms with van der Waals surface area (Å²) < 4.78 is 23.8. The van der Waals surface area contributed by atoms with Gasteiger partial charge in [0.15, 0.2) is 14.9 Å². The number of pyridine rings is 1.